The number of nitro groups is 1. The summed E-state index contributed by atoms with van der Waals surface area (Å²) in [6.07, 6.45) is 0.0145. The normalized spacial score (nSPS) is 11.3. The molecule has 0 aliphatic heterocycles. The Morgan fingerprint density at radius 3 is 2.30 bits per heavy atom. The molecule has 116 valence electrons. The van der Waals surface area contributed by atoms with Crippen molar-refractivity contribution in [1.82, 2.24) is 0 Å². The molecular weight excluding hydrogens is 296 g/mol. The van der Waals surface area contributed by atoms with Crippen LogP contribution < -0.4 is 4.74 Å². The van der Waals surface area contributed by atoms with Gasteiger partial charge in [0.2, 0.25) is 0 Å². The van der Waals surface area contributed by atoms with Crippen LogP contribution in [0.25, 0.3) is 0 Å². The Hall–Kier alpha value is -3.20. The van der Waals surface area contributed by atoms with E-state index in [9.17, 15) is 20.2 Å². The van der Waals surface area contributed by atoms with E-state index >= 15 is 0 Å². The zero-order valence-electron chi connectivity index (χ0n) is 12.4. The molecule has 0 aliphatic carbocycles. The number of Topliss-reactive ketones (excluding diaryl/α,β-unsaturated/α-hetero) is 1. The standard InChI is InChI=1S/C17H14N2O4/c1-23-16-8-4-12(5-9-16)14(11-18)10-17(20)13-2-6-15(7-3-13)19(21)22/h2-9,14H,10H2,1H3. The Kier molecular flexibility index (Phi) is 5.05. The first-order chi connectivity index (χ1) is 11.0. The summed E-state index contributed by atoms with van der Waals surface area (Å²) < 4.78 is 5.06. The number of non-ortho nitro benzene ring substituents is 1. The number of carbonyl (C=O) groups excluding carboxylic acids is 1. The Labute approximate surface area is 133 Å². The molecule has 0 aromatic heterocycles. The van der Waals surface area contributed by atoms with E-state index < -0.39 is 10.8 Å². The second-order valence-corrected chi connectivity index (χ2v) is 4.89. The highest BCUT2D eigenvalue weighted by Crippen LogP contribution is 2.24. The van der Waals surface area contributed by atoms with Crippen molar-refractivity contribution in [2.24, 2.45) is 0 Å². The lowest BCUT2D eigenvalue weighted by Crippen LogP contribution is -2.06. The van der Waals surface area contributed by atoms with Crippen LogP contribution in [0.4, 0.5) is 5.69 Å². The van der Waals surface area contributed by atoms with Crippen molar-refractivity contribution in [3.05, 3.63) is 69.8 Å². The van der Waals surface area contributed by atoms with Crippen molar-refractivity contribution < 1.29 is 14.5 Å². The maximum atomic E-state index is 12.2. The maximum absolute atomic E-state index is 12.2. The van der Waals surface area contributed by atoms with Gasteiger partial charge >= 0.3 is 0 Å². The lowest BCUT2D eigenvalue weighted by molar-refractivity contribution is -0.384. The van der Waals surface area contributed by atoms with Crippen LogP contribution in [0.2, 0.25) is 0 Å². The summed E-state index contributed by atoms with van der Waals surface area (Å²) in [4.78, 5) is 22.3. The molecule has 0 saturated heterocycles. The highest BCUT2D eigenvalue weighted by atomic mass is 16.6. The first kappa shape index (κ1) is 16.2. The van der Waals surface area contributed by atoms with Gasteiger partial charge in [-0.1, -0.05) is 12.1 Å². The minimum absolute atomic E-state index is 0.0145. The van der Waals surface area contributed by atoms with Gasteiger partial charge in [0.1, 0.15) is 5.75 Å². The molecule has 1 unspecified atom stereocenters. The van der Waals surface area contributed by atoms with Gasteiger partial charge < -0.3 is 4.74 Å². The van der Waals surface area contributed by atoms with Gasteiger partial charge in [0, 0.05) is 24.1 Å². The number of nitro benzene ring substituents is 1. The third kappa shape index (κ3) is 3.92. The summed E-state index contributed by atoms with van der Waals surface area (Å²) >= 11 is 0. The molecule has 23 heavy (non-hydrogen) atoms. The van der Waals surface area contributed by atoms with Crippen LogP contribution in [0.1, 0.15) is 28.3 Å². The van der Waals surface area contributed by atoms with Crippen LogP contribution >= 0.6 is 0 Å². The van der Waals surface area contributed by atoms with Gasteiger partial charge in [-0.25, -0.2) is 0 Å². The number of methoxy groups -OCH3 is 1. The molecule has 0 bridgehead atoms. The molecule has 0 radical (unpaired) electrons. The molecule has 0 saturated carbocycles. The molecule has 2 rings (SSSR count). The third-order valence-electron chi connectivity index (χ3n) is 3.46. The summed E-state index contributed by atoms with van der Waals surface area (Å²) in [6.45, 7) is 0. The van der Waals surface area contributed by atoms with Crippen LogP contribution in [0.3, 0.4) is 0 Å². The van der Waals surface area contributed by atoms with E-state index in [1.807, 2.05) is 0 Å². The van der Waals surface area contributed by atoms with Gasteiger partial charge in [0.25, 0.3) is 5.69 Å². The fourth-order valence-corrected chi connectivity index (χ4v) is 2.15. The van der Waals surface area contributed by atoms with E-state index in [2.05, 4.69) is 6.07 Å². The summed E-state index contributed by atoms with van der Waals surface area (Å²) in [5.74, 6) is -0.141. The van der Waals surface area contributed by atoms with Gasteiger partial charge in [0.15, 0.2) is 5.78 Å². The van der Waals surface area contributed by atoms with E-state index in [0.717, 1.165) is 5.56 Å². The molecule has 0 N–H and O–H groups in total. The van der Waals surface area contributed by atoms with Crippen molar-refractivity contribution in [1.29, 1.82) is 5.26 Å². The van der Waals surface area contributed by atoms with E-state index in [-0.39, 0.29) is 17.9 Å². The fourth-order valence-electron chi connectivity index (χ4n) is 2.15. The van der Waals surface area contributed by atoms with E-state index in [1.165, 1.54) is 24.3 Å². The Morgan fingerprint density at radius 1 is 1.22 bits per heavy atom. The molecule has 1 atom stereocenters. The number of nitriles is 1. The largest absolute Gasteiger partial charge is 0.497 e. The predicted molar refractivity (Wildman–Crippen MR) is 83.4 cm³/mol. The summed E-state index contributed by atoms with van der Waals surface area (Å²) in [5.41, 5.74) is 1.00. The number of nitrogens with zero attached hydrogens (tertiary/aromatic N) is 2. The minimum Gasteiger partial charge on any atom is -0.497 e. The van der Waals surface area contributed by atoms with Gasteiger partial charge in [-0.3, -0.25) is 14.9 Å². The first-order valence-electron chi connectivity index (χ1n) is 6.86. The first-order valence-corrected chi connectivity index (χ1v) is 6.86. The summed E-state index contributed by atoms with van der Waals surface area (Å²) in [6, 6.07) is 14.4. The highest BCUT2D eigenvalue weighted by molar-refractivity contribution is 5.97. The number of ether oxygens (including phenoxy) is 1. The minimum atomic E-state index is -0.580. The molecule has 0 fully saturated rings. The van der Waals surface area contributed by atoms with Crippen molar-refractivity contribution >= 4 is 11.5 Å². The van der Waals surface area contributed by atoms with Crippen LogP contribution in [0.5, 0.6) is 5.75 Å². The fraction of sp³-hybridized carbons (Fsp3) is 0.176. The van der Waals surface area contributed by atoms with E-state index in [4.69, 9.17) is 4.74 Å². The van der Waals surface area contributed by atoms with Crippen LogP contribution in [0.15, 0.2) is 48.5 Å². The predicted octanol–water partition coefficient (Wildman–Crippen LogP) is 3.48. The number of benzene rings is 2. The number of hydrogen-bond donors (Lipinski definition) is 0. The lowest BCUT2D eigenvalue weighted by Gasteiger charge is -2.09. The summed E-state index contributed by atoms with van der Waals surface area (Å²) in [7, 11) is 1.55. The van der Waals surface area contributed by atoms with Crippen molar-refractivity contribution in [2.75, 3.05) is 7.11 Å². The Bertz CT molecular complexity index is 746. The average Bonchev–Trinajstić information content (AvgIpc) is 2.59. The molecule has 0 aliphatic rings. The van der Waals surface area contributed by atoms with Gasteiger partial charge in [-0.05, 0) is 29.8 Å². The molecule has 6 nitrogen and oxygen atoms in total. The topological polar surface area (TPSA) is 93.2 Å². The number of ketones is 1. The number of carbonyl (C=O) groups is 1. The van der Waals surface area contributed by atoms with E-state index in [1.54, 1.807) is 31.4 Å². The molecular formula is C17H14N2O4. The monoisotopic (exact) mass is 310 g/mol. The highest BCUT2D eigenvalue weighted by Gasteiger charge is 2.17. The Balaban J connectivity index is 2.12. The second-order valence-electron chi connectivity index (χ2n) is 4.89. The van der Waals surface area contributed by atoms with Gasteiger partial charge in [0.05, 0.1) is 24.0 Å². The molecule has 0 heterocycles. The Morgan fingerprint density at radius 2 is 1.83 bits per heavy atom. The molecule has 2 aromatic rings. The van der Waals surface area contributed by atoms with Crippen LogP contribution in [0, 0.1) is 21.4 Å². The van der Waals surface area contributed by atoms with Crippen molar-refractivity contribution in [3.8, 4) is 11.8 Å². The quantitative estimate of drug-likeness (QED) is 0.462. The van der Waals surface area contributed by atoms with Crippen molar-refractivity contribution in [2.45, 2.75) is 12.3 Å². The zero-order valence-corrected chi connectivity index (χ0v) is 12.4. The van der Waals surface area contributed by atoms with Gasteiger partial charge in [-0.2, -0.15) is 5.26 Å². The second kappa shape index (κ2) is 7.18. The third-order valence-corrected chi connectivity index (χ3v) is 3.46. The van der Waals surface area contributed by atoms with Crippen LogP contribution in [-0.4, -0.2) is 17.8 Å². The molecule has 0 spiro atoms. The molecule has 2 aromatic carbocycles. The summed E-state index contributed by atoms with van der Waals surface area (Å²) in [5, 5.41) is 19.9. The van der Waals surface area contributed by atoms with E-state index in [0.29, 0.717) is 11.3 Å². The number of hydrogen-bond acceptors (Lipinski definition) is 5. The number of rotatable bonds is 6. The average molecular weight is 310 g/mol. The SMILES string of the molecule is COc1ccc(C(C#N)CC(=O)c2ccc([N+](=O)[O-])cc2)cc1. The molecule has 6 heteroatoms. The zero-order chi connectivity index (χ0) is 16.8. The van der Waals surface area contributed by atoms with Crippen molar-refractivity contribution in [3.63, 3.8) is 0 Å². The maximum Gasteiger partial charge on any atom is 0.269 e. The van der Waals surface area contributed by atoms with Crippen LogP contribution in [-0.2, 0) is 0 Å². The lowest BCUT2D eigenvalue weighted by atomic mass is 9.92. The van der Waals surface area contributed by atoms with Gasteiger partial charge in [-0.15, -0.1) is 0 Å². The molecule has 0 amide bonds. The smallest absolute Gasteiger partial charge is 0.269 e.